The number of hydrogen-bond acceptors (Lipinski definition) is 4. The van der Waals surface area contributed by atoms with Crippen molar-refractivity contribution < 1.29 is 33.0 Å². The Bertz CT molecular complexity index is 998. The van der Waals surface area contributed by atoms with Crippen molar-refractivity contribution in [1.82, 2.24) is 0 Å². The van der Waals surface area contributed by atoms with E-state index in [9.17, 15) is 19.0 Å². The van der Waals surface area contributed by atoms with E-state index in [2.05, 4.69) is 6.72 Å². The van der Waals surface area contributed by atoms with Gasteiger partial charge < -0.3 is 19.7 Å². The van der Waals surface area contributed by atoms with Crippen LogP contribution < -0.4 is 9.47 Å². The molecule has 32 heavy (non-hydrogen) atoms. The van der Waals surface area contributed by atoms with Crippen molar-refractivity contribution >= 4 is 6.72 Å². The van der Waals surface area contributed by atoms with Gasteiger partial charge in [0.1, 0.15) is 47.7 Å². The van der Waals surface area contributed by atoms with E-state index < -0.39 is 23.9 Å². The Hall–Kier alpha value is -2.51. The number of aliphatic hydroxyl groups excluding tert-OH is 2. The lowest BCUT2D eigenvalue weighted by atomic mass is 9.84. The molecule has 2 aromatic rings. The molecule has 0 fully saturated rings. The molecule has 4 atom stereocenters. The average Bonchev–Trinajstić information content (AvgIpc) is 2.78. The number of hydrogen-bond donors (Lipinski definition) is 2. The minimum atomic E-state index is -0.841. The fourth-order valence-corrected chi connectivity index (χ4v) is 4.70. The summed E-state index contributed by atoms with van der Waals surface area (Å²) in [4.78, 5) is 0. The molecule has 7 heteroatoms. The van der Waals surface area contributed by atoms with E-state index in [1.807, 2.05) is 6.92 Å². The van der Waals surface area contributed by atoms with Gasteiger partial charge in [0, 0.05) is 0 Å². The van der Waals surface area contributed by atoms with Crippen molar-refractivity contribution in [2.45, 2.75) is 62.9 Å². The SMILES string of the molecule is C=[N+](CC(O)C1CCc2cc(F)ccc2O1)CC(O)C1(CC)CCc2cc(F)ccc2O1. The Morgan fingerprint density at radius 3 is 2.41 bits per heavy atom. The van der Waals surface area contributed by atoms with E-state index in [4.69, 9.17) is 9.47 Å². The molecule has 0 aliphatic carbocycles. The predicted octanol–water partition coefficient (Wildman–Crippen LogP) is 3.27. The van der Waals surface area contributed by atoms with Crippen LogP contribution in [0.1, 0.15) is 37.3 Å². The van der Waals surface area contributed by atoms with Gasteiger partial charge in [0.15, 0.2) is 19.2 Å². The van der Waals surface area contributed by atoms with Crippen molar-refractivity contribution in [3.8, 4) is 11.5 Å². The van der Waals surface area contributed by atoms with E-state index in [0.717, 1.165) is 11.1 Å². The number of rotatable bonds is 7. The zero-order valence-electron chi connectivity index (χ0n) is 18.3. The molecule has 2 N–H and O–H groups in total. The zero-order chi connectivity index (χ0) is 22.9. The molecule has 0 spiro atoms. The minimum absolute atomic E-state index is 0.204. The maximum absolute atomic E-state index is 13.5. The lowest BCUT2D eigenvalue weighted by molar-refractivity contribution is -0.542. The van der Waals surface area contributed by atoms with Crippen LogP contribution in [-0.2, 0) is 12.8 Å². The maximum Gasteiger partial charge on any atom is 0.172 e. The fourth-order valence-electron chi connectivity index (χ4n) is 4.70. The molecule has 172 valence electrons. The smallest absolute Gasteiger partial charge is 0.172 e. The highest BCUT2D eigenvalue weighted by molar-refractivity contribution is 5.37. The first-order valence-corrected chi connectivity index (χ1v) is 11.1. The van der Waals surface area contributed by atoms with E-state index in [0.29, 0.717) is 43.6 Å². The van der Waals surface area contributed by atoms with Crippen LogP contribution in [0.15, 0.2) is 36.4 Å². The Kier molecular flexibility index (Phi) is 6.49. The molecular weight excluding hydrogens is 416 g/mol. The third-order valence-electron chi connectivity index (χ3n) is 6.66. The van der Waals surface area contributed by atoms with Gasteiger partial charge in [-0.3, -0.25) is 0 Å². The second kappa shape index (κ2) is 9.16. The summed E-state index contributed by atoms with van der Waals surface area (Å²) in [5.41, 5.74) is 0.809. The molecule has 0 aromatic heterocycles. The molecule has 0 radical (unpaired) electrons. The molecule has 2 aliphatic heterocycles. The van der Waals surface area contributed by atoms with Crippen LogP contribution in [0.25, 0.3) is 0 Å². The van der Waals surface area contributed by atoms with Gasteiger partial charge in [-0.25, -0.2) is 13.4 Å². The van der Waals surface area contributed by atoms with Crippen LogP contribution in [0.5, 0.6) is 11.5 Å². The van der Waals surface area contributed by atoms with Crippen LogP contribution in [0.2, 0.25) is 0 Å². The highest BCUT2D eigenvalue weighted by Crippen LogP contribution is 2.38. The molecule has 0 saturated carbocycles. The largest absolute Gasteiger partial charge is 0.487 e. The number of aryl methyl sites for hydroxylation is 2. The highest BCUT2D eigenvalue weighted by atomic mass is 19.1. The number of aliphatic hydroxyl groups is 2. The number of halogens is 2. The molecule has 4 rings (SSSR count). The van der Waals surface area contributed by atoms with Gasteiger partial charge >= 0.3 is 0 Å². The molecule has 4 unspecified atom stereocenters. The lowest BCUT2D eigenvalue weighted by Crippen LogP contribution is -2.53. The van der Waals surface area contributed by atoms with E-state index in [1.165, 1.54) is 24.3 Å². The Labute approximate surface area is 186 Å². The van der Waals surface area contributed by atoms with Crippen LogP contribution in [0, 0.1) is 11.6 Å². The quantitative estimate of drug-likeness (QED) is 0.506. The second-order valence-electron chi connectivity index (χ2n) is 8.84. The first kappa shape index (κ1) is 22.7. The van der Waals surface area contributed by atoms with Crippen molar-refractivity contribution in [1.29, 1.82) is 0 Å². The monoisotopic (exact) mass is 446 g/mol. The van der Waals surface area contributed by atoms with Crippen molar-refractivity contribution in [2.24, 2.45) is 0 Å². The van der Waals surface area contributed by atoms with Crippen molar-refractivity contribution in [3.63, 3.8) is 0 Å². The van der Waals surface area contributed by atoms with Gasteiger partial charge in [-0.1, -0.05) is 6.92 Å². The molecule has 2 aromatic carbocycles. The summed E-state index contributed by atoms with van der Waals surface area (Å²) in [5.74, 6) is 0.590. The summed E-state index contributed by atoms with van der Waals surface area (Å²) in [6, 6.07) is 8.84. The average molecular weight is 447 g/mol. The molecule has 2 aliphatic rings. The summed E-state index contributed by atoms with van der Waals surface area (Å²) >= 11 is 0. The summed E-state index contributed by atoms with van der Waals surface area (Å²) in [7, 11) is 0. The molecule has 0 amide bonds. The van der Waals surface area contributed by atoms with Crippen molar-refractivity contribution in [3.05, 3.63) is 59.2 Å². The predicted molar refractivity (Wildman–Crippen MR) is 117 cm³/mol. The molecular formula is C25H30F2NO4+. The number of ether oxygens (including phenoxy) is 2. The summed E-state index contributed by atoms with van der Waals surface area (Å²) in [6.07, 6.45) is 0.884. The number of benzene rings is 2. The van der Waals surface area contributed by atoms with Gasteiger partial charge in [0.2, 0.25) is 0 Å². The zero-order valence-corrected chi connectivity index (χ0v) is 18.3. The topological polar surface area (TPSA) is 61.9 Å². The first-order chi connectivity index (χ1) is 15.3. The van der Waals surface area contributed by atoms with Gasteiger partial charge in [0.05, 0.1) is 0 Å². The summed E-state index contributed by atoms with van der Waals surface area (Å²) in [6.45, 7) is 6.35. The fraction of sp³-hybridized carbons (Fsp3) is 0.480. The third-order valence-corrected chi connectivity index (χ3v) is 6.66. The molecule has 0 saturated heterocycles. The highest BCUT2D eigenvalue weighted by Gasteiger charge is 2.44. The van der Waals surface area contributed by atoms with Crippen LogP contribution in [-0.4, -0.2) is 58.5 Å². The number of fused-ring (bicyclic) bond motifs is 2. The van der Waals surface area contributed by atoms with E-state index in [-0.39, 0.29) is 24.7 Å². The van der Waals surface area contributed by atoms with Crippen molar-refractivity contribution in [2.75, 3.05) is 13.1 Å². The normalized spacial score (nSPS) is 23.8. The summed E-state index contributed by atoms with van der Waals surface area (Å²) < 4.78 is 40.6. The number of nitrogens with zero attached hydrogens (tertiary/aromatic N) is 1. The Balaban J connectivity index is 1.36. The van der Waals surface area contributed by atoms with Crippen LogP contribution >= 0.6 is 0 Å². The summed E-state index contributed by atoms with van der Waals surface area (Å²) in [5, 5.41) is 21.7. The van der Waals surface area contributed by atoms with Gasteiger partial charge in [-0.2, -0.15) is 0 Å². The minimum Gasteiger partial charge on any atom is -0.487 e. The molecule has 5 nitrogen and oxygen atoms in total. The standard InChI is InChI=1S/C25H30F2NO4/c1-3-25(11-10-17-13-19(27)6-9-22(17)32-25)24(30)15-28(2)14-20(29)23-7-4-16-12-18(26)5-8-21(16)31-23/h5-6,8-9,12-13,20,23-24,29-30H,2-4,7,10-11,14-15H2,1H3/q+1. The maximum atomic E-state index is 13.5. The van der Waals surface area contributed by atoms with E-state index >= 15 is 0 Å². The van der Waals surface area contributed by atoms with Crippen LogP contribution in [0.4, 0.5) is 8.78 Å². The van der Waals surface area contributed by atoms with Gasteiger partial charge in [-0.15, -0.1) is 0 Å². The molecule has 2 heterocycles. The lowest BCUT2D eigenvalue weighted by Gasteiger charge is -2.40. The first-order valence-electron chi connectivity index (χ1n) is 11.1. The van der Waals surface area contributed by atoms with E-state index in [1.54, 1.807) is 16.7 Å². The van der Waals surface area contributed by atoms with Crippen LogP contribution in [0.3, 0.4) is 0 Å². The third kappa shape index (κ3) is 4.64. The Morgan fingerprint density at radius 2 is 1.72 bits per heavy atom. The second-order valence-corrected chi connectivity index (χ2v) is 8.84. The molecule has 0 bridgehead atoms. The van der Waals surface area contributed by atoms with Gasteiger partial charge in [0.25, 0.3) is 0 Å². The van der Waals surface area contributed by atoms with Gasteiger partial charge in [-0.05, 0) is 79.6 Å². The Morgan fingerprint density at radius 1 is 1.06 bits per heavy atom.